The van der Waals surface area contributed by atoms with Gasteiger partial charge < -0.3 is 20.3 Å². The molecule has 1 aliphatic rings. The van der Waals surface area contributed by atoms with Crippen molar-refractivity contribution < 1.29 is 22.9 Å². The van der Waals surface area contributed by atoms with Crippen molar-refractivity contribution in [2.24, 2.45) is 0 Å². The Kier molecular flexibility index (Phi) is 5.24. The number of nitrogens with one attached hydrogen (secondary N) is 1. The highest BCUT2D eigenvalue weighted by atomic mass is 19.4. The minimum absolute atomic E-state index is 0.0173. The molecule has 1 aromatic carbocycles. The van der Waals surface area contributed by atoms with Crippen molar-refractivity contribution in [3.63, 3.8) is 0 Å². The molecule has 0 aliphatic carbocycles. The van der Waals surface area contributed by atoms with Gasteiger partial charge in [0.15, 0.2) is 5.82 Å². The minimum Gasteiger partial charge on any atom is -0.633 e. The molecule has 1 aromatic heterocycles. The lowest BCUT2D eigenvalue weighted by Crippen LogP contribution is -2.50. The van der Waals surface area contributed by atoms with E-state index < -0.39 is 17.5 Å². The van der Waals surface area contributed by atoms with E-state index in [0.29, 0.717) is 30.7 Å². The van der Waals surface area contributed by atoms with E-state index in [0.717, 1.165) is 24.5 Å². The number of piperidine rings is 1. The minimum atomic E-state index is -4.54. The standard InChI is InChI=1S/C19H23F3N4O2/c1-11-7-13(19(20,21)22)9-16(27)17(11)15-8-12(2)18(25-24-15)23-14-5-4-6-26(3,28)10-14/h7-9,14,27H,4-6,10H2,1-3H3,(H,23,25)/t14-,26?/m1/s1. The number of phenolic OH excluding ortho intramolecular Hbond substituents is 1. The van der Waals surface area contributed by atoms with Gasteiger partial charge in [-0.25, -0.2) is 0 Å². The summed E-state index contributed by atoms with van der Waals surface area (Å²) >= 11 is 0. The number of alkyl halides is 3. The second-order valence-electron chi connectivity index (χ2n) is 7.63. The van der Waals surface area contributed by atoms with Crippen LogP contribution in [0.2, 0.25) is 0 Å². The molecular weight excluding hydrogens is 373 g/mol. The number of likely N-dealkylation sites (N-methyl/N-ethyl adjacent to an activating group) is 1. The van der Waals surface area contributed by atoms with Crippen LogP contribution in [0.5, 0.6) is 5.75 Å². The van der Waals surface area contributed by atoms with Gasteiger partial charge in [0.2, 0.25) is 0 Å². The van der Waals surface area contributed by atoms with Crippen LogP contribution in [-0.2, 0) is 6.18 Å². The maximum Gasteiger partial charge on any atom is 0.416 e. The van der Waals surface area contributed by atoms with Crippen LogP contribution in [0.4, 0.5) is 19.0 Å². The second-order valence-corrected chi connectivity index (χ2v) is 7.63. The molecule has 0 radical (unpaired) electrons. The van der Waals surface area contributed by atoms with E-state index in [1.165, 1.54) is 6.92 Å². The fraction of sp³-hybridized carbons (Fsp3) is 0.474. The molecule has 2 atom stereocenters. The molecule has 6 nitrogen and oxygen atoms in total. The predicted molar refractivity (Wildman–Crippen MR) is 99.5 cm³/mol. The number of quaternary nitrogens is 1. The molecule has 1 unspecified atom stereocenters. The average Bonchev–Trinajstić information content (AvgIpc) is 2.55. The van der Waals surface area contributed by atoms with Crippen LogP contribution in [0.1, 0.15) is 29.5 Å². The summed E-state index contributed by atoms with van der Waals surface area (Å²) in [5.74, 6) is 0.0353. The lowest BCUT2D eigenvalue weighted by atomic mass is 9.99. The summed E-state index contributed by atoms with van der Waals surface area (Å²) in [6, 6.07) is 3.32. The van der Waals surface area contributed by atoms with Crippen LogP contribution in [0.25, 0.3) is 11.3 Å². The number of hydroxylamine groups is 3. The Morgan fingerprint density at radius 2 is 1.89 bits per heavy atom. The van der Waals surface area contributed by atoms with Gasteiger partial charge in [-0.15, -0.1) is 10.2 Å². The lowest BCUT2D eigenvalue weighted by Gasteiger charge is -2.45. The van der Waals surface area contributed by atoms with Crippen molar-refractivity contribution in [2.45, 2.75) is 38.9 Å². The number of phenols is 1. The van der Waals surface area contributed by atoms with E-state index in [-0.39, 0.29) is 21.8 Å². The Hall–Kier alpha value is -2.39. The van der Waals surface area contributed by atoms with E-state index in [9.17, 15) is 23.5 Å². The van der Waals surface area contributed by atoms with Crippen LogP contribution in [-0.4, -0.2) is 46.1 Å². The normalized spacial score (nSPS) is 22.9. The molecule has 1 aliphatic heterocycles. The molecule has 0 amide bonds. The van der Waals surface area contributed by atoms with Gasteiger partial charge in [0.25, 0.3) is 0 Å². The zero-order valence-corrected chi connectivity index (χ0v) is 16.0. The summed E-state index contributed by atoms with van der Waals surface area (Å²) in [6.07, 6.45) is -2.86. The summed E-state index contributed by atoms with van der Waals surface area (Å²) in [6.45, 7) is 4.31. The number of aromatic nitrogens is 2. The lowest BCUT2D eigenvalue weighted by molar-refractivity contribution is -0.866. The third-order valence-electron chi connectivity index (χ3n) is 5.01. The number of likely N-dealkylation sites (tertiary alicyclic amines) is 1. The number of aryl methyl sites for hydroxylation is 2. The predicted octanol–water partition coefficient (Wildman–Crippen LogP) is 4.00. The van der Waals surface area contributed by atoms with Gasteiger partial charge >= 0.3 is 6.18 Å². The number of halogens is 3. The molecule has 1 fully saturated rings. The molecule has 28 heavy (non-hydrogen) atoms. The molecule has 9 heteroatoms. The Balaban J connectivity index is 1.87. The summed E-state index contributed by atoms with van der Waals surface area (Å²) in [5, 5.41) is 33.8. The Morgan fingerprint density at radius 1 is 1.18 bits per heavy atom. The molecule has 0 bridgehead atoms. The van der Waals surface area contributed by atoms with Crippen LogP contribution in [0, 0.1) is 19.1 Å². The number of hydrogen-bond donors (Lipinski definition) is 2. The second kappa shape index (κ2) is 7.21. The SMILES string of the molecule is Cc1cc(-c2c(C)cc(C(F)(F)F)cc2O)nnc1N[C@@H]1CCC[N+](C)([O-])C1. The van der Waals surface area contributed by atoms with Gasteiger partial charge in [-0.2, -0.15) is 13.2 Å². The molecule has 2 aromatic rings. The summed E-state index contributed by atoms with van der Waals surface area (Å²) in [5.41, 5.74) is 0.588. The molecular formula is C19H23F3N4O2. The maximum absolute atomic E-state index is 12.9. The third kappa shape index (κ3) is 4.36. The smallest absolute Gasteiger partial charge is 0.416 e. The van der Waals surface area contributed by atoms with Crippen molar-refractivity contribution in [1.82, 2.24) is 10.2 Å². The number of aromatic hydroxyl groups is 1. The van der Waals surface area contributed by atoms with Gasteiger partial charge in [-0.1, -0.05) is 0 Å². The first-order valence-electron chi connectivity index (χ1n) is 9.04. The van der Waals surface area contributed by atoms with Crippen LogP contribution >= 0.6 is 0 Å². The van der Waals surface area contributed by atoms with Crippen molar-refractivity contribution in [2.75, 3.05) is 25.5 Å². The largest absolute Gasteiger partial charge is 0.633 e. The fourth-order valence-corrected chi connectivity index (χ4v) is 3.65. The average molecular weight is 396 g/mol. The van der Waals surface area contributed by atoms with Gasteiger partial charge in [-0.05, 0) is 56.0 Å². The first-order valence-corrected chi connectivity index (χ1v) is 9.04. The number of benzene rings is 1. The topological polar surface area (TPSA) is 81.1 Å². The zero-order valence-electron chi connectivity index (χ0n) is 16.0. The summed E-state index contributed by atoms with van der Waals surface area (Å²) in [4.78, 5) is 0. The number of rotatable bonds is 3. The summed E-state index contributed by atoms with van der Waals surface area (Å²) < 4.78 is 38.4. The van der Waals surface area contributed by atoms with Gasteiger partial charge in [-0.3, -0.25) is 0 Å². The van der Waals surface area contributed by atoms with E-state index in [1.807, 2.05) is 0 Å². The molecule has 1 saturated heterocycles. The number of anilines is 1. The van der Waals surface area contributed by atoms with Crippen molar-refractivity contribution >= 4 is 5.82 Å². The van der Waals surface area contributed by atoms with E-state index in [1.54, 1.807) is 20.0 Å². The molecule has 2 N–H and O–H groups in total. The van der Waals surface area contributed by atoms with Crippen LogP contribution < -0.4 is 5.32 Å². The number of hydrogen-bond acceptors (Lipinski definition) is 5. The molecule has 3 rings (SSSR count). The molecule has 0 saturated carbocycles. The highest BCUT2D eigenvalue weighted by Gasteiger charge is 2.32. The third-order valence-corrected chi connectivity index (χ3v) is 5.01. The first-order chi connectivity index (χ1) is 13.0. The first kappa shape index (κ1) is 20.3. The molecule has 152 valence electrons. The van der Waals surface area contributed by atoms with Crippen molar-refractivity contribution in [3.8, 4) is 17.0 Å². The van der Waals surface area contributed by atoms with Gasteiger partial charge in [0, 0.05) is 5.56 Å². The van der Waals surface area contributed by atoms with E-state index in [4.69, 9.17) is 0 Å². The molecule has 0 spiro atoms. The van der Waals surface area contributed by atoms with Crippen LogP contribution in [0.15, 0.2) is 18.2 Å². The Labute approximate surface area is 161 Å². The Bertz CT molecular complexity index is 861. The van der Waals surface area contributed by atoms with Crippen molar-refractivity contribution in [1.29, 1.82) is 0 Å². The monoisotopic (exact) mass is 396 g/mol. The fourth-order valence-electron chi connectivity index (χ4n) is 3.65. The van der Waals surface area contributed by atoms with E-state index >= 15 is 0 Å². The van der Waals surface area contributed by atoms with Gasteiger partial charge in [0.05, 0.1) is 37.4 Å². The Morgan fingerprint density at radius 3 is 2.46 bits per heavy atom. The summed E-state index contributed by atoms with van der Waals surface area (Å²) in [7, 11) is 1.64. The zero-order chi connectivity index (χ0) is 20.7. The molecule has 2 heterocycles. The number of nitrogens with zero attached hydrogens (tertiary/aromatic N) is 3. The quantitative estimate of drug-likeness (QED) is 0.605. The highest BCUT2D eigenvalue weighted by Crippen LogP contribution is 2.38. The van der Waals surface area contributed by atoms with Crippen LogP contribution in [0.3, 0.4) is 0 Å². The maximum atomic E-state index is 12.9. The van der Waals surface area contributed by atoms with Crippen molar-refractivity contribution in [3.05, 3.63) is 40.1 Å². The highest BCUT2D eigenvalue weighted by molar-refractivity contribution is 5.72. The van der Waals surface area contributed by atoms with E-state index in [2.05, 4.69) is 15.5 Å². The van der Waals surface area contributed by atoms with Gasteiger partial charge in [0.1, 0.15) is 5.75 Å².